The molecular formula is C21H31N7O4S. The number of aromatic nitrogens is 5. The molecule has 180 valence electrons. The van der Waals surface area contributed by atoms with Crippen LogP contribution in [0, 0.1) is 0 Å². The Hall–Kier alpha value is -2.86. The first-order valence-corrected chi connectivity index (χ1v) is 12.0. The number of aromatic amines is 1. The van der Waals surface area contributed by atoms with E-state index >= 15 is 0 Å². The van der Waals surface area contributed by atoms with Crippen LogP contribution in [0.3, 0.4) is 0 Å². The molecule has 0 bridgehead atoms. The van der Waals surface area contributed by atoms with Gasteiger partial charge in [0.05, 0.1) is 12.4 Å². The van der Waals surface area contributed by atoms with Gasteiger partial charge in [0.2, 0.25) is 5.91 Å². The van der Waals surface area contributed by atoms with Crippen LogP contribution in [0.15, 0.2) is 27.4 Å². The molecular weight excluding hydrogens is 446 g/mol. The average Bonchev–Trinajstić information content (AvgIpc) is 3.55. The number of H-pyrrole nitrogens is 1. The van der Waals surface area contributed by atoms with Gasteiger partial charge in [-0.05, 0) is 19.3 Å². The smallest absolute Gasteiger partial charge is 0.330 e. The maximum absolute atomic E-state index is 13.2. The number of unbranched alkanes of at least 4 members (excludes halogenated alkanes) is 1. The maximum Gasteiger partial charge on any atom is 0.330 e. The number of nitrogens with two attached hydrogens (primary N) is 1. The van der Waals surface area contributed by atoms with Crippen molar-refractivity contribution in [1.29, 1.82) is 0 Å². The second-order valence-corrected chi connectivity index (χ2v) is 8.78. The largest absolute Gasteiger partial charge is 0.383 e. The molecule has 1 fully saturated rings. The number of nitrogens with zero attached hydrogens (tertiary/aromatic N) is 5. The average molecular weight is 478 g/mol. The van der Waals surface area contributed by atoms with E-state index in [9.17, 15) is 14.4 Å². The molecule has 11 nitrogen and oxygen atoms in total. The third kappa shape index (κ3) is 5.74. The molecule has 0 radical (unpaired) electrons. The first kappa shape index (κ1) is 24.8. The first-order chi connectivity index (χ1) is 15.9. The van der Waals surface area contributed by atoms with Gasteiger partial charge in [-0.15, -0.1) is 16.8 Å². The van der Waals surface area contributed by atoms with Crippen LogP contribution in [0.2, 0.25) is 0 Å². The fourth-order valence-electron chi connectivity index (χ4n) is 3.48. The molecule has 3 rings (SSSR count). The Bertz CT molecular complexity index is 1100. The summed E-state index contributed by atoms with van der Waals surface area (Å²) < 4.78 is 8.39. The Kier molecular flexibility index (Phi) is 8.50. The van der Waals surface area contributed by atoms with E-state index in [4.69, 9.17) is 10.5 Å². The van der Waals surface area contributed by atoms with Gasteiger partial charge in [0.15, 0.2) is 10.8 Å². The van der Waals surface area contributed by atoms with E-state index in [0.717, 1.165) is 25.1 Å². The molecule has 0 unspecified atom stereocenters. The minimum absolute atomic E-state index is 0.0105. The van der Waals surface area contributed by atoms with Gasteiger partial charge < -0.3 is 19.9 Å². The maximum atomic E-state index is 13.2. The van der Waals surface area contributed by atoms with Crippen LogP contribution in [0.25, 0.3) is 0 Å². The number of nitrogen functional groups attached to an aromatic ring is 1. The van der Waals surface area contributed by atoms with E-state index in [-0.39, 0.29) is 36.3 Å². The van der Waals surface area contributed by atoms with Gasteiger partial charge >= 0.3 is 5.69 Å². The molecule has 2 heterocycles. The van der Waals surface area contributed by atoms with Gasteiger partial charge in [0.25, 0.3) is 5.56 Å². The molecule has 0 atom stereocenters. The van der Waals surface area contributed by atoms with Crippen LogP contribution in [0.1, 0.15) is 44.3 Å². The highest BCUT2D eigenvalue weighted by Crippen LogP contribution is 2.40. The molecule has 1 aliphatic carbocycles. The standard InChI is InChI=1S/C21H31N7O4S/c1-4-6-10-27-17(22)16(19(30)23-20(27)31)26(11-12-32-3)15(29)13-33-21-25-24-18(14-7-8-14)28(21)9-5-2/h5,14H,2,4,6-13,22H2,1,3H3,(H,23,30,31). The molecule has 0 aliphatic heterocycles. The van der Waals surface area contributed by atoms with Crippen molar-refractivity contribution in [3.8, 4) is 0 Å². The number of carbonyl (C=O) groups is 1. The van der Waals surface area contributed by atoms with Crippen LogP contribution in [0.4, 0.5) is 11.5 Å². The molecule has 33 heavy (non-hydrogen) atoms. The lowest BCUT2D eigenvalue weighted by molar-refractivity contribution is -0.116. The minimum Gasteiger partial charge on any atom is -0.383 e. The summed E-state index contributed by atoms with van der Waals surface area (Å²) in [5, 5.41) is 9.16. The third-order valence-electron chi connectivity index (χ3n) is 5.36. The van der Waals surface area contributed by atoms with E-state index in [2.05, 4.69) is 21.8 Å². The summed E-state index contributed by atoms with van der Waals surface area (Å²) in [5.74, 6) is 0.943. The van der Waals surface area contributed by atoms with Crippen molar-refractivity contribution >= 4 is 29.2 Å². The van der Waals surface area contributed by atoms with Gasteiger partial charge in [-0.1, -0.05) is 31.2 Å². The summed E-state index contributed by atoms with van der Waals surface area (Å²) in [7, 11) is 1.50. The van der Waals surface area contributed by atoms with E-state index in [0.29, 0.717) is 30.6 Å². The van der Waals surface area contributed by atoms with Crippen LogP contribution in [0.5, 0.6) is 0 Å². The molecule has 0 saturated heterocycles. The molecule has 2 aromatic heterocycles. The number of hydrogen-bond donors (Lipinski definition) is 2. The number of methoxy groups -OCH3 is 1. The van der Waals surface area contributed by atoms with Gasteiger partial charge in [0.1, 0.15) is 11.6 Å². The highest BCUT2D eigenvalue weighted by Gasteiger charge is 2.31. The monoisotopic (exact) mass is 477 g/mol. The number of nitrogens with one attached hydrogen (secondary N) is 1. The summed E-state index contributed by atoms with van der Waals surface area (Å²) >= 11 is 1.24. The molecule has 0 aromatic carbocycles. The van der Waals surface area contributed by atoms with Crippen LogP contribution >= 0.6 is 11.8 Å². The van der Waals surface area contributed by atoms with Gasteiger partial charge in [0, 0.05) is 32.7 Å². The van der Waals surface area contributed by atoms with E-state index in [1.54, 1.807) is 6.08 Å². The topological polar surface area (TPSA) is 141 Å². The van der Waals surface area contributed by atoms with Crippen molar-refractivity contribution in [3.63, 3.8) is 0 Å². The summed E-state index contributed by atoms with van der Waals surface area (Å²) in [6.07, 6.45) is 5.49. The summed E-state index contributed by atoms with van der Waals surface area (Å²) in [4.78, 5) is 41.7. The predicted octanol–water partition coefficient (Wildman–Crippen LogP) is 1.35. The van der Waals surface area contributed by atoms with Gasteiger partial charge in [-0.2, -0.15) is 0 Å². The lowest BCUT2D eigenvalue weighted by Crippen LogP contribution is -2.43. The van der Waals surface area contributed by atoms with Crippen molar-refractivity contribution in [2.75, 3.05) is 36.6 Å². The molecule has 1 aliphatic rings. The van der Waals surface area contributed by atoms with Crippen molar-refractivity contribution in [2.24, 2.45) is 0 Å². The van der Waals surface area contributed by atoms with Crippen molar-refractivity contribution in [2.45, 2.75) is 56.8 Å². The van der Waals surface area contributed by atoms with E-state index in [1.807, 2.05) is 11.5 Å². The summed E-state index contributed by atoms with van der Waals surface area (Å²) in [5.41, 5.74) is 4.88. The quantitative estimate of drug-likeness (QED) is 0.325. The van der Waals surface area contributed by atoms with Gasteiger partial charge in [-0.25, -0.2) is 4.79 Å². The Labute approximate surface area is 196 Å². The Morgan fingerprint density at radius 3 is 2.76 bits per heavy atom. The second-order valence-electron chi connectivity index (χ2n) is 7.84. The number of carbonyl (C=O) groups excluding carboxylic acids is 1. The predicted molar refractivity (Wildman–Crippen MR) is 128 cm³/mol. The number of anilines is 2. The lowest BCUT2D eigenvalue weighted by Gasteiger charge is -2.24. The van der Waals surface area contributed by atoms with Gasteiger partial charge in [-0.3, -0.25) is 19.1 Å². The van der Waals surface area contributed by atoms with Crippen LogP contribution in [-0.4, -0.2) is 56.2 Å². The fraction of sp³-hybridized carbons (Fsp3) is 0.571. The van der Waals surface area contributed by atoms with E-state index in [1.165, 1.54) is 28.3 Å². The summed E-state index contributed by atoms with van der Waals surface area (Å²) in [6.45, 7) is 6.99. The molecule has 2 aromatic rings. The number of amides is 1. The normalized spacial score (nSPS) is 13.3. The lowest BCUT2D eigenvalue weighted by atomic mass is 10.3. The Morgan fingerprint density at radius 2 is 2.12 bits per heavy atom. The SMILES string of the molecule is C=CCn1c(SCC(=O)N(CCOC)c2c(N)n(CCCC)c(=O)[nH]c2=O)nnc1C1CC1. The second kappa shape index (κ2) is 11.3. The highest BCUT2D eigenvalue weighted by atomic mass is 32.2. The van der Waals surface area contributed by atoms with Crippen molar-refractivity contribution in [1.82, 2.24) is 24.3 Å². The number of rotatable bonds is 13. The van der Waals surface area contributed by atoms with Crippen molar-refractivity contribution in [3.05, 3.63) is 39.3 Å². The minimum atomic E-state index is -0.703. The zero-order valence-corrected chi connectivity index (χ0v) is 19.9. The number of allylic oxidation sites excluding steroid dienone is 1. The zero-order valence-electron chi connectivity index (χ0n) is 19.1. The third-order valence-corrected chi connectivity index (χ3v) is 6.32. The number of thioether (sulfide) groups is 1. The molecule has 1 saturated carbocycles. The molecule has 3 N–H and O–H groups in total. The Morgan fingerprint density at radius 1 is 1.36 bits per heavy atom. The number of hydrogen-bond acceptors (Lipinski definition) is 8. The first-order valence-electron chi connectivity index (χ1n) is 11.0. The highest BCUT2D eigenvalue weighted by molar-refractivity contribution is 7.99. The van der Waals surface area contributed by atoms with E-state index < -0.39 is 11.2 Å². The Balaban J connectivity index is 1.86. The van der Waals surface area contributed by atoms with Crippen molar-refractivity contribution < 1.29 is 9.53 Å². The molecule has 12 heteroatoms. The summed E-state index contributed by atoms with van der Waals surface area (Å²) in [6, 6.07) is 0. The number of ether oxygens (including phenoxy) is 1. The molecule has 1 amide bonds. The fourth-order valence-corrected chi connectivity index (χ4v) is 4.31. The zero-order chi connectivity index (χ0) is 24.0. The van der Waals surface area contributed by atoms with Crippen LogP contribution in [-0.2, 0) is 22.6 Å². The van der Waals surface area contributed by atoms with Crippen LogP contribution < -0.4 is 21.9 Å². The molecule has 0 spiro atoms.